The molecule has 0 N–H and O–H groups in total. The normalized spacial score (nSPS) is 14.2. The smallest absolute Gasteiger partial charge is 0.312 e. The first-order valence-corrected chi connectivity index (χ1v) is 8.16. The Hall–Kier alpha value is -2.83. The Morgan fingerprint density at radius 2 is 1.88 bits per heavy atom. The summed E-state index contributed by atoms with van der Waals surface area (Å²) in [6.45, 7) is 3.93. The molecule has 7 nitrogen and oxygen atoms in total. The zero-order valence-corrected chi connectivity index (χ0v) is 13.8. The fourth-order valence-corrected chi connectivity index (χ4v) is 3.39. The van der Waals surface area contributed by atoms with Gasteiger partial charge in [0.2, 0.25) is 5.95 Å². The molecule has 1 aliphatic heterocycles. The molecule has 0 fully saturated rings. The number of anilines is 2. The molecule has 1 aromatic carbocycles. The van der Waals surface area contributed by atoms with Gasteiger partial charge >= 0.3 is 5.69 Å². The van der Waals surface area contributed by atoms with E-state index in [1.165, 1.54) is 11.6 Å². The number of benzene rings is 1. The molecule has 0 unspecified atom stereocenters. The van der Waals surface area contributed by atoms with Crippen molar-refractivity contribution in [1.82, 2.24) is 18.7 Å². The molecule has 0 saturated carbocycles. The van der Waals surface area contributed by atoms with Gasteiger partial charge in [-0.1, -0.05) is 18.2 Å². The van der Waals surface area contributed by atoms with Gasteiger partial charge in [0.1, 0.15) is 0 Å². The standard InChI is InChI=1S/C17H19N5O2/c1-3-20-14-13(15(23)19(2)17(20)24)22-11-7-10-21(16(22)18-14)12-8-5-4-6-9-12/h4-6,8-9H,3,7,10-11H2,1-2H3. The summed E-state index contributed by atoms with van der Waals surface area (Å²) >= 11 is 0. The van der Waals surface area contributed by atoms with Crippen LogP contribution in [0.25, 0.3) is 11.2 Å². The number of hydrogen-bond acceptors (Lipinski definition) is 4. The van der Waals surface area contributed by atoms with Crippen LogP contribution in [0.4, 0.5) is 11.6 Å². The predicted octanol–water partition coefficient (Wildman–Crippen LogP) is 1.46. The fourth-order valence-electron chi connectivity index (χ4n) is 3.39. The summed E-state index contributed by atoms with van der Waals surface area (Å²) in [7, 11) is 1.52. The highest BCUT2D eigenvalue weighted by Gasteiger charge is 2.26. The van der Waals surface area contributed by atoms with E-state index in [0.717, 1.165) is 31.1 Å². The second-order valence-corrected chi connectivity index (χ2v) is 5.97. The summed E-state index contributed by atoms with van der Waals surface area (Å²) in [5.41, 5.74) is 1.42. The van der Waals surface area contributed by atoms with Crippen LogP contribution in [0, 0.1) is 0 Å². The molecule has 124 valence electrons. The topological polar surface area (TPSA) is 65.1 Å². The first kappa shape index (κ1) is 14.7. The van der Waals surface area contributed by atoms with Crippen molar-refractivity contribution >= 4 is 22.8 Å². The second-order valence-electron chi connectivity index (χ2n) is 5.97. The highest BCUT2D eigenvalue weighted by atomic mass is 16.2. The number of rotatable bonds is 2. The highest BCUT2D eigenvalue weighted by Crippen LogP contribution is 2.30. The Kier molecular flexibility index (Phi) is 3.30. The minimum Gasteiger partial charge on any atom is -0.312 e. The van der Waals surface area contributed by atoms with Crippen molar-refractivity contribution < 1.29 is 0 Å². The lowest BCUT2D eigenvalue weighted by Crippen LogP contribution is -2.38. The van der Waals surface area contributed by atoms with E-state index in [-0.39, 0.29) is 11.2 Å². The van der Waals surface area contributed by atoms with Gasteiger partial charge in [0.05, 0.1) is 0 Å². The second kappa shape index (κ2) is 5.36. The van der Waals surface area contributed by atoms with Crippen LogP contribution in [0.15, 0.2) is 39.9 Å². The van der Waals surface area contributed by atoms with Gasteiger partial charge in [0.15, 0.2) is 11.2 Å². The Balaban J connectivity index is 2.06. The summed E-state index contributed by atoms with van der Waals surface area (Å²) in [6, 6.07) is 10.00. The number of fused-ring (bicyclic) bond motifs is 3. The van der Waals surface area contributed by atoms with E-state index in [1.807, 2.05) is 41.8 Å². The molecule has 3 aromatic rings. The number of para-hydroxylation sites is 1. The van der Waals surface area contributed by atoms with Crippen molar-refractivity contribution in [2.75, 3.05) is 11.4 Å². The minimum atomic E-state index is -0.322. The molecular weight excluding hydrogens is 306 g/mol. The van der Waals surface area contributed by atoms with Crippen molar-refractivity contribution in [1.29, 1.82) is 0 Å². The molecule has 0 spiro atoms. The summed E-state index contributed by atoms with van der Waals surface area (Å²) in [4.78, 5) is 31.8. The van der Waals surface area contributed by atoms with Crippen molar-refractivity contribution in [3.05, 3.63) is 51.2 Å². The number of hydrogen-bond donors (Lipinski definition) is 0. The average molecular weight is 325 g/mol. The van der Waals surface area contributed by atoms with Crippen molar-refractivity contribution in [3.8, 4) is 0 Å². The van der Waals surface area contributed by atoms with Crippen LogP contribution in [-0.4, -0.2) is 25.2 Å². The molecule has 2 aromatic heterocycles. The minimum absolute atomic E-state index is 0.284. The van der Waals surface area contributed by atoms with Gasteiger partial charge in [-0.25, -0.2) is 4.79 Å². The molecule has 0 atom stereocenters. The van der Waals surface area contributed by atoms with Crippen LogP contribution in [0.1, 0.15) is 13.3 Å². The summed E-state index contributed by atoms with van der Waals surface area (Å²) < 4.78 is 4.67. The molecule has 0 amide bonds. The third-order valence-electron chi connectivity index (χ3n) is 4.60. The molecule has 0 aliphatic carbocycles. The maximum Gasteiger partial charge on any atom is 0.332 e. The molecule has 0 radical (unpaired) electrons. The lowest BCUT2D eigenvalue weighted by molar-refractivity contribution is 0.599. The molecule has 0 bridgehead atoms. The van der Waals surface area contributed by atoms with E-state index in [0.29, 0.717) is 17.7 Å². The quantitative estimate of drug-likeness (QED) is 0.715. The van der Waals surface area contributed by atoms with Crippen LogP contribution in [0.2, 0.25) is 0 Å². The summed E-state index contributed by atoms with van der Waals surface area (Å²) in [6.07, 6.45) is 0.918. The number of nitrogens with zero attached hydrogens (tertiary/aromatic N) is 5. The largest absolute Gasteiger partial charge is 0.332 e. The lowest BCUT2D eigenvalue weighted by Gasteiger charge is -2.28. The Bertz CT molecular complexity index is 1030. The first-order chi connectivity index (χ1) is 11.6. The van der Waals surface area contributed by atoms with Gasteiger partial charge in [-0.15, -0.1) is 0 Å². The van der Waals surface area contributed by atoms with E-state index >= 15 is 0 Å². The number of imidazole rings is 1. The van der Waals surface area contributed by atoms with Gasteiger partial charge < -0.3 is 9.47 Å². The van der Waals surface area contributed by atoms with Crippen LogP contribution in [0.5, 0.6) is 0 Å². The van der Waals surface area contributed by atoms with Gasteiger partial charge in [-0.05, 0) is 25.5 Å². The van der Waals surface area contributed by atoms with Gasteiger partial charge in [0.25, 0.3) is 5.56 Å². The van der Waals surface area contributed by atoms with Gasteiger partial charge in [0, 0.05) is 32.4 Å². The Labute approximate surface area is 138 Å². The number of aromatic nitrogens is 4. The van der Waals surface area contributed by atoms with Crippen LogP contribution in [-0.2, 0) is 20.1 Å². The lowest BCUT2D eigenvalue weighted by atomic mass is 10.2. The van der Waals surface area contributed by atoms with E-state index in [1.54, 1.807) is 4.57 Å². The SMILES string of the molecule is CCn1c(=O)n(C)c(=O)c2c1nc1n2CCCN1c1ccccc1. The van der Waals surface area contributed by atoms with E-state index in [2.05, 4.69) is 9.88 Å². The van der Waals surface area contributed by atoms with Crippen LogP contribution < -0.4 is 16.1 Å². The molecule has 4 rings (SSSR count). The predicted molar refractivity (Wildman–Crippen MR) is 93.0 cm³/mol. The van der Waals surface area contributed by atoms with Crippen molar-refractivity contribution in [2.45, 2.75) is 26.4 Å². The molecule has 24 heavy (non-hydrogen) atoms. The summed E-state index contributed by atoms with van der Waals surface area (Å²) in [5.74, 6) is 0.729. The maximum absolute atomic E-state index is 12.7. The number of aryl methyl sites for hydroxylation is 2. The van der Waals surface area contributed by atoms with Crippen LogP contribution >= 0.6 is 0 Å². The third-order valence-corrected chi connectivity index (χ3v) is 4.60. The van der Waals surface area contributed by atoms with E-state index in [4.69, 9.17) is 0 Å². The zero-order chi connectivity index (χ0) is 16.8. The Morgan fingerprint density at radius 3 is 2.58 bits per heavy atom. The fraction of sp³-hybridized carbons (Fsp3) is 0.353. The average Bonchev–Trinajstić information content (AvgIpc) is 3.00. The summed E-state index contributed by atoms with van der Waals surface area (Å²) in [5, 5.41) is 0. The third kappa shape index (κ3) is 1.94. The molecular formula is C17H19N5O2. The Morgan fingerprint density at radius 1 is 1.12 bits per heavy atom. The zero-order valence-electron chi connectivity index (χ0n) is 13.8. The van der Waals surface area contributed by atoms with E-state index < -0.39 is 0 Å². The monoisotopic (exact) mass is 325 g/mol. The molecule has 0 saturated heterocycles. The molecule has 1 aliphatic rings. The van der Waals surface area contributed by atoms with Crippen molar-refractivity contribution in [3.63, 3.8) is 0 Å². The van der Waals surface area contributed by atoms with Gasteiger partial charge in [-0.3, -0.25) is 13.9 Å². The molecule has 7 heteroatoms. The van der Waals surface area contributed by atoms with Gasteiger partial charge in [-0.2, -0.15) is 4.98 Å². The van der Waals surface area contributed by atoms with Crippen LogP contribution in [0.3, 0.4) is 0 Å². The highest BCUT2D eigenvalue weighted by molar-refractivity contribution is 5.77. The first-order valence-electron chi connectivity index (χ1n) is 8.16. The molecule has 3 heterocycles. The van der Waals surface area contributed by atoms with E-state index in [9.17, 15) is 9.59 Å². The maximum atomic E-state index is 12.7. The van der Waals surface area contributed by atoms with Crippen molar-refractivity contribution in [2.24, 2.45) is 7.05 Å².